The summed E-state index contributed by atoms with van der Waals surface area (Å²) in [5.41, 5.74) is 3.48. The van der Waals surface area contributed by atoms with Crippen LogP contribution < -0.4 is 14.2 Å². The van der Waals surface area contributed by atoms with Crippen molar-refractivity contribution in [3.8, 4) is 34.0 Å². The van der Waals surface area contributed by atoms with E-state index in [4.69, 9.17) is 4.74 Å². The zero-order valence-corrected chi connectivity index (χ0v) is 16.3. The van der Waals surface area contributed by atoms with E-state index in [0.29, 0.717) is 34.3 Å². The first-order valence-corrected chi connectivity index (χ1v) is 9.83. The Morgan fingerprint density at radius 1 is 1.06 bits per heavy atom. The van der Waals surface area contributed by atoms with E-state index in [0.717, 1.165) is 24.0 Å². The molecule has 0 unspecified atom stereocenters. The summed E-state index contributed by atoms with van der Waals surface area (Å²) in [5.74, 6) is 0.731. The summed E-state index contributed by atoms with van der Waals surface area (Å²) in [5, 5.41) is 15.9. The second-order valence-electron chi connectivity index (χ2n) is 7.37. The van der Waals surface area contributed by atoms with Gasteiger partial charge in [0.1, 0.15) is 0 Å². The Balaban J connectivity index is 1.54. The summed E-state index contributed by atoms with van der Waals surface area (Å²) in [6.45, 7) is -2.47. The van der Waals surface area contributed by atoms with Crippen molar-refractivity contribution in [1.82, 2.24) is 14.6 Å². The van der Waals surface area contributed by atoms with Gasteiger partial charge in [0.15, 0.2) is 29.5 Å². The number of benzene rings is 1. The Labute approximate surface area is 176 Å². The number of fused-ring (bicyclic) bond motifs is 1. The fourth-order valence-electron chi connectivity index (χ4n) is 3.30. The van der Waals surface area contributed by atoms with Crippen molar-refractivity contribution in [3.05, 3.63) is 66.3 Å². The molecule has 4 aromatic rings. The maximum absolute atomic E-state index is 12.8. The molecule has 0 radical (unpaired) electrons. The zero-order valence-electron chi connectivity index (χ0n) is 16.3. The highest BCUT2D eigenvalue weighted by molar-refractivity contribution is 5.69. The first-order valence-electron chi connectivity index (χ1n) is 9.83. The lowest BCUT2D eigenvalue weighted by Gasteiger charge is -2.14. The summed E-state index contributed by atoms with van der Waals surface area (Å²) in [7, 11) is 0. The number of alkyl halides is 2. The largest absolute Gasteiger partial charge is 0.619 e. The third-order valence-electron chi connectivity index (χ3n) is 5.08. The maximum atomic E-state index is 12.8. The third kappa shape index (κ3) is 4.11. The minimum atomic E-state index is -2.94. The Morgan fingerprint density at radius 2 is 1.87 bits per heavy atom. The van der Waals surface area contributed by atoms with Gasteiger partial charge in [0, 0.05) is 35.5 Å². The van der Waals surface area contributed by atoms with Crippen LogP contribution in [0.15, 0.2) is 61.1 Å². The van der Waals surface area contributed by atoms with Crippen LogP contribution >= 0.6 is 0 Å². The summed E-state index contributed by atoms with van der Waals surface area (Å²) >= 11 is 0. The molecule has 0 aliphatic heterocycles. The van der Waals surface area contributed by atoms with Crippen molar-refractivity contribution in [2.45, 2.75) is 19.5 Å². The monoisotopic (exact) mass is 424 g/mol. The highest BCUT2D eigenvalue weighted by Crippen LogP contribution is 2.36. The zero-order chi connectivity index (χ0) is 21.4. The molecule has 1 saturated carbocycles. The summed E-state index contributed by atoms with van der Waals surface area (Å²) in [4.78, 5) is 4.36. The van der Waals surface area contributed by atoms with Gasteiger partial charge >= 0.3 is 6.61 Å². The van der Waals surface area contributed by atoms with E-state index >= 15 is 0 Å². The number of hydrogen-bond acceptors (Lipinski definition) is 5. The van der Waals surface area contributed by atoms with Crippen molar-refractivity contribution in [2.75, 3.05) is 6.61 Å². The molecule has 7 nitrogen and oxygen atoms in total. The molecule has 0 bridgehead atoms. The highest BCUT2D eigenvalue weighted by atomic mass is 19.3. The van der Waals surface area contributed by atoms with Gasteiger partial charge in [-0.15, -0.1) is 0 Å². The lowest BCUT2D eigenvalue weighted by Crippen LogP contribution is -2.23. The molecule has 1 fully saturated rings. The molecule has 3 aromatic heterocycles. The van der Waals surface area contributed by atoms with Gasteiger partial charge in [0.25, 0.3) is 0 Å². The average molecular weight is 424 g/mol. The number of pyridine rings is 1. The van der Waals surface area contributed by atoms with Crippen molar-refractivity contribution < 1.29 is 23.0 Å². The molecule has 0 amide bonds. The van der Waals surface area contributed by atoms with Crippen LogP contribution in [0.1, 0.15) is 12.8 Å². The van der Waals surface area contributed by atoms with Gasteiger partial charge < -0.3 is 14.7 Å². The first kappa shape index (κ1) is 19.2. The van der Waals surface area contributed by atoms with E-state index < -0.39 is 6.61 Å². The van der Waals surface area contributed by atoms with E-state index in [-0.39, 0.29) is 11.5 Å². The number of nitrogens with zero attached hydrogens (tertiary/aromatic N) is 4. The molecule has 5 rings (SSSR count). The summed E-state index contributed by atoms with van der Waals surface area (Å²) in [6, 6.07) is 11.8. The Kier molecular flexibility index (Phi) is 4.85. The lowest BCUT2D eigenvalue weighted by molar-refractivity contribution is -0.605. The Bertz CT molecular complexity index is 1220. The predicted octanol–water partition coefficient (Wildman–Crippen LogP) is 4.09. The Hall–Kier alpha value is -3.75. The molecular weight excluding hydrogens is 406 g/mol. The van der Waals surface area contributed by atoms with Crippen LogP contribution in [0.2, 0.25) is 0 Å². The van der Waals surface area contributed by atoms with E-state index in [1.807, 2.05) is 6.07 Å². The Morgan fingerprint density at radius 3 is 2.61 bits per heavy atom. The van der Waals surface area contributed by atoms with Crippen LogP contribution in [0.25, 0.3) is 28.2 Å². The van der Waals surface area contributed by atoms with Gasteiger partial charge in [-0.05, 0) is 43.0 Å². The summed E-state index contributed by atoms with van der Waals surface area (Å²) < 4.78 is 38.4. The van der Waals surface area contributed by atoms with E-state index in [9.17, 15) is 14.0 Å². The molecule has 3 heterocycles. The second-order valence-corrected chi connectivity index (χ2v) is 7.37. The number of rotatable bonds is 7. The van der Waals surface area contributed by atoms with Gasteiger partial charge in [-0.3, -0.25) is 0 Å². The normalized spacial score (nSPS) is 13.6. The van der Waals surface area contributed by atoms with Gasteiger partial charge in [-0.25, -0.2) is 9.50 Å². The summed E-state index contributed by atoms with van der Waals surface area (Å²) in [6.07, 6.45) is 6.62. The van der Waals surface area contributed by atoms with Gasteiger partial charge in [-0.2, -0.15) is 18.6 Å². The van der Waals surface area contributed by atoms with Crippen LogP contribution in [0.4, 0.5) is 8.78 Å². The van der Waals surface area contributed by atoms with Gasteiger partial charge in [0.2, 0.25) is 0 Å². The molecule has 1 aromatic carbocycles. The molecule has 0 N–H and O–H groups in total. The number of hydrogen-bond donors (Lipinski definition) is 0. The van der Waals surface area contributed by atoms with Crippen molar-refractivity contribution in [1.29, 1.82) is 0 Å². The molecule has 1 aliphatic carbocycles. The first-order chi connectivity index (χ1) is 15.1. The van der Waals surface area contributed by atoms with Crippen LogP contribution in [0, 0.1) is 11.1 Å². The quantitative estimate of drug-likeness (QED) is 0.330. The van der Waals surface area contributed by atoms with Crippen LogP contribution in [0.3, 0.4) is 0 Å². The van der Waals surface area contributed by atoms with Gasteiger partial charge in [-0.1, -0.05) is 0 Å². The van der Waals surface area contributed by atoms with Crippen LogP contribution in [-0.2, 0) is 0 Å². The predicted molar refractivity (Wildman–Crippen MR) is 108 cm³/mol. The maximum Gasteiger partial charge on any atom is 0.387 e. The molecule has 1 aliphatic rings. The SMILES string of the molecule is [O-][n+]1ccc(-c2cc3nccc(-c4ccc(OC(F)F)c(OCC5CC5)c4)n3n2)cc1. The lowest BCUT2D eigenvalue weighted by atomic mass is 10.1. The smallest absolute Gasteiger partial charge is 0.387 e. The van der Waals surface area contributed by atoms with Crippen molar-refractivity contribution in [2.24, 2.45) is 5.92 Å². The minimum Gasteiger partial charge on any atom is -0.619 e. The number of halogens is 2. The standard InChI is InChI=1S/C22H18F2N4O3/c23-22(24)31-19-4-3-16(11-20(19)30-13-14-1-2-14)18-5-8-25-21-12-17(26-28(18)21)15-6-9-27(29)10-7-15/h3-12,14,22H,1-2,13H2. The fourth-order valence-corrected chi connectivity index (χ4v) is 3.30. The second kappa shape index (κ2) is 7.82. The molecule has 0 atom stereocenters. The highest BCUT2D eigenvalue weighted by Gasteiger charge is 2.23. The van der Waals surface area contributed by atoms with Gasteiger partial charge in [0.05, 0.1) is 18.0 Å². The van der Waals surface area contributed by atoms with Crippen LogP contribution in [0.5, 0.6) is 11.5 Å². The molecule has 31 heavy (non-hydrogen) atoms. The topological polar surface area (TPSA) is 75.6 Å². The van der Waals surface area contributed by atoms with Crippen LogP contribution in [-0.4, -0.2) is 27.8 Å². The van der Waals surface area contributed by atoms with E-state index in [2.05, 4.69) is 14.8 Å². The average Bonchev–Trinajstić information content (AvgIpc) is 3.49. The minimum absolute atomic E-state index is 0.000979. The number of aromatic nitrogens is 4. The molecule has 0 spiro atoms. The molecule has 9 heteroatoms. The van der Waals surface area contributed by atoms with E-state index in [1.165, 1.54) is 18.5 Å². The molecule has 0 saturated heterocycles. The third-order valence-corrected chi connectivity index (χ3v) is 5.08. The van der Waals surface area contributed by atoms with Crippen molar-refractivity contribution >= 4 is 5.65 Å². The van der Waals surface area contributed by atoms with Crippen molar-refractivity contribution in [3.63, 3.8) is 0 Å². The fraction of sp³-hybridized carbons (Fsp3) is 0.227. The molecular formula is C22H18F2N4O3. The number of ether oxygens (including phenoxy) is 2. The molecule has 158 valence electrons. The van der Waals surface area contributed by atoms with E-state index in [1.54, 1.807) is 41.0 Å².